The van der Waals surface area contributed by atoms with Gasteiger partial charge in [0.2, 0.25) is 0 Å². The lowest BCUT2D eigenvalue weighted by atomic mass is 10.2. The Hall–Kier alpha value is -1.62. The van der Waals surface area contributed by atoms with Crippen molar-refractivity contribution in [1.82, 2.24) is 14.8 Å². The van der Waals surface area contributed by atoms with Crippen LogP contribution in [0.4, 0.5) is 5.69 Å². The normalized spacial score (nSPS) is 19.9. The van der Waals surface area contributed by atoms with Gasteiger partial charge in [-0.15, -0.1) is 0 Å². The topological polar surface area (TPSA) is 62.5 Å². The van der Waals surface area contributed by atoms with Gasteiger partial charge in [-0.2, -0.15) is 0 Å². The molecule has 92 valence electrons. The zero-order chi connectivity index (χ0) is 12.4. The lowest BCUT2D eigenvalue weighted by Gasteiger charge is -2.20. The molecule has 2 heterocycles. The highest BCUT2D eigenvalue weighted by atomic mass is 16.2. The molecule has 0 spiro atoms. The molecule has 5 heteroatoms. The molecule has 1 aromatic heterocycles. The number of hydrogen-bond acceptors (Lipinski definition) is 4. The summed E-state index contributed by atoms with van der Waals surface area (Å²) in [5.74, 6) is -0.0262. The van der Waals surface area contributed by atoms with Crippen molar-refractivity contribution in [2.24, 2.45) is 0 Å². The number of rotatable bonds is 2. The average molecular weight is 234 g/mol. The molecule has 2 N–H and O–H groups in total. The molecule has 0 aliphatic carbocycles. The third kappa shape index (κ3) is 2.55. The number of likely N-dealkylation sites (tertiary alicyclic amines) is 1. The van der Waals surface area contributed by atoms with Crippen molar-refractivity contribution < 1.29 is 4.79 Å². The maximum Gasteiger partial charge on any atom is 0.272 e. The number of likely N-dealkylation sites (N-methyl/N-ethyl adjacent to an activating group) is 1. The van der Waals surface area contributed by atoms with Crippen LogP contribution in [0.15, 0.2) is 18.3 Å². The second-order valence-corrected chi connectivity index (χ2v) is 4.63. The summed E-state index contributed by atoms with van der Waals surface area (Å²) in [5.41, 5.74) is 6.66. The first-order valence-corrected chi connectivity index (χ1v) is 5.75. The van der Waals surface area contributed by atoms with E-state index in [0.717, 1.165) is 19.5 Å². The summed E-state index contributed by atoms with van der Waals surface area (Å²) in [6.07, 6.45) is 2.59. The van der Waals surface area contributed by atoms with Gasteiger partial charge in [-0.1, -0.05) is 0 Å². The SMILES string of the molecule is CN(C)C1CCN(C(=O)c2cc(N)ccn2)C1. The minimum atomic E-state index is -0.0262. The predicted molar refractivity (Wildman–Crippen MR) is 66.6 cm³/mol. The van der Waals surface area contributed by atoms with Gasteiger partial charge in [0, 0.05) is 31.0 Å². The highest BCUT2D eigenvalue weighted by Crippen LogP contribution is 2.16. The van der Waals surface area contributed by atoms with E-state index in [4.69, 9.17) is 5.73 Å². The summed E-state index contributed by atoms with van der Waals surface area (Å²) in [6.45, 7) is 1.56. The van der Waals surface area contributed by atoms with Crippen LogP contribution in [0.1, 0.15) is 16.9 Å². The number of aromatic nitrogens is 1. The Labute approximate surface area is 101 Å². The molecule has 5 nitrogen and oxygen atoms in total. The molecule has 1 amide bonds. The number of pyridine rings is 1. The summed E-state index contributed by atoms with van der Waals surface area (Å²) in [6, 6.07) is 3.76. The Bertz CT molecular complexity index is 419. The Kier molecular flexibility index (Phi) is 3.28. The smallest absolute Gasteiger partial charge is 0.272 e. The van der Waals surface area contributed by atoms with E-state index in [2.05, 4.69) is 9.88 Å². The van der Waals surface area contributed by atoms with Gasteiger partial charge in [0.25, 0.3) is 5.91 Å². The highest BCUT2D eigenvalue weighted by molar-refractivity contribution is 5.93. The van der Waals surface area contributed by atoms with Crippen LogP contribution in [0.3, 0.4) is 0 Å². The first-order chi connectivity index (χ1) is 8.08. The van der Waals surface area contributed by atoms with Gasteiger partial charge >= 0.3 is 0 Å². The van der Waals surface area contributed by atoms with E-state index in [1.54, 1.807) is 18.3 Å². The Morgan fingerprint density at radius 2 is 2.35 bits per heavy atom. The second-order valence-electron chi connectivity index (χ2n) is 4.63. The van der Waals surface area contributed by atoms with Crippen LogP contribution in [0, 0.1) is 0 Å². The van der Waals surface area contributed by atoms with Crippen LogP contribution in [0.25, 0.3) is 0 Å². The zero-order valence-corrected chi connectivity index (χ0v) is 10.3. The van der Waals surface area contributed by atoms with Crippen molar-refractivity contribution in [2.45, 2.75) is 12.5 Å². The molecule has 0 radical (unpaired) electrons. The minimum Gasteiger partial charge on any atom is -0.399 e. The molecule has 1 atom stereocenters. The monoisotopic (exact) mass is 234 g/mol. The quantitative estimate of drug-likeness (QED) is 0.806. The number of carbonyl (C=O) groups excluding carboxylic acids is 1. The van der Waals surface area contributed by atoms with Crippen LogP contribution >= 0.6 is 0 Å². The fraction of sp³-hybridized carbons (Fsp3) is 0.500. The van der Waals surface area contributed by atoms with Gasteiger partial charge in [-0.25, -0.2) is 0 Å². The molecule has 0 bridgehead atoms. The van der Waals surface area contributed by atoms with Gasteiger partial charge < -0.3 is 15.5 Å². The number of nitrogens with zero attached hydrogens (tertiary/aromatic N) is 3. The summed E-state index contributed by atoms with van der Waals surface area (Å²) in [4.78, 5) is 20.2. The minimum absolute atomic E-state index is 0.0262. The Morgan fingerprint density at radius 1 is 1.59 bits per heavy atom. The maximum atomic E-state index is 12.2. The molecule has 1 unspecified atom stereocenters. The van der Waals surface area contributed by atoms with Crippen molar-refractivity contribution in [3.05, 3.63) is 24.0 Å². The van der Waals surface area contributed by atoms with E-state index >= 15 is 0 Å². The standard InChI is InChI=1S/C12H18N4O/c1-15(2)10-4-6-16(8-10)12(17)11-7-9(13)3-5-14-11/h3,5,7,10H,4,6,8H2,1-2H3,(H2,13,14). The van der Waals surface area contributed by atoms with E-state index in [9.17, 15) is 4.79 Å². The van der Waals surface area contributed by atoms with Crippen molar-refractivity contribution >= 4 is 11.6 Å². The van der Waals surface area contributed by atoms with Crippen LogP contribution in [0.2, 0.25) is 0 Å². The first-order valence-electron chi connectivity index (χ1n) is 5.75. The fourth-order valence-corrected chi connectivity index (χ4v) is 2.07. The average Bonchev–Trinajstić information content (AvgIpc) is 2.77. The van der Waals surface area contributed by atoms with Crippen molar-refractivity contribution in [3.8, 4) is 0 Å². The summed E-state index contributed by atoms with van der Waals surface area (Å²) >= 11 is 0. The van der Waals surface area contributed by atoms with Crippen LogP contribution in [0.5, 0.6) is 0 Å². The molecule has 17 heavy (non-hydrogen) atoms. The van der Waals surface area contributed by atoms with Gasteiger partial charge in [-0.05, 0) is 32.6 Å². The molecule has 1 aliphatic rings. The van der Waals surface area contributed by atoms with Gasteiger partial charge in [0.15, 0.2) is 0 Å². The van der Waals surface area contributed by atoms with Crippen LogP contribution < -0.4 is 5.73 Å². The third-order valence-electron chi connectivity index (χ3n) is 3.18. The number of hydrogen-bond donors (Lipinski definition) is 1. The first kappa shape index (κ1) is 11.9. The summed E-state index contributed by atoms with van der Waals surface area (Å²) in [5, 5.41) is 0. The van der Waals surface area contributed by atoms with Crippen LogP contribution in [-0.2, 0) is 0 Å². The van der Waals surface area contributed by atoms with E-state index in [1.165, 1.54) is 0 Å². The summed E-state index contributed by atoms with van der Waals surface area (Å²) < 4.78 is 0. The molecule has 1 aromatic rings. The third-order valence-corrected chi connectivity index (χ3v) is 3.18. The predicted octanol–water partition coefficient (Wildman–Crippen LogP) is 0.440. The molecule has 2 rings (SSSR count). The Balaban J connectivity index is 2.07. The summed E-state index contributed by atoms with van der Waals surface area (Å²) in [7, 11) is 4.08. The number of carbonyl (C=O) groups is 1. The van der Waals surface area contributed by atoms with Crippen molar-refractivity contribution in [3.63, 3.8) is 0 Å². The lowest BCUT2D eigenvalue weighted by molar-refractivity contribution is 0.0777. The number of nitrogen functional groups attached to an aromatic ring is 1. The molecular formula is C12H18N4O. The fourth-order valence-electron chi connectivity index (χ4n) is 2.07. The largest absolute Gasteiger partial charge is 0.399 e. The van der Waals surface area contributed by atoms with Gasteiger partial charge in [-0.3, -0.25) is 9.78 Å². The zero-order valence-electron chi connectivity index (χ0n) is 10.3. The second kappa shape index (κ2) is 4.71. The number of anilines is 1. The molecule has 1 aliphatic heterocycles. The van der Waals surface area contributed by atoms with Gasteiger partial charge in [0.05, 0.1) is 0 Å². The number of amides is 1. The molecule has 1 saturated heterocycles. The molecule has 0 saturated carbocycles. The molecule has 1 fully saturated rings. The van der Waals surface area contributed by atoms with Gasteiger partial charge in [0.1, 0.15) is 5.69 Å². The van der Waals surface area contributed by atoms with E-state index in [1.807, 2.05) is 19.0 Å². The van der Waals surface area contributed by atoms with E-state index in [0.29, 0.717) is 17.4 Å². The number of nitrogens with two attached hydrogens (primary N) is 1. The van der Waals surface area contributed by atoms with E-state index in [-0.39, 0.29) is 5.91 Å². The van der Waals surface area contributed by atoms with Crippen LogP contribution in [-0.4, -0.2) is 53.9 Å². The molecule has 0 aromatic carbocycles. The maximum absolute atomic E-state index is 12.2. The Morgan fingerprint density at radius 3 is 2.94 bits per heavy atom. The van der Waals surface area contributed by atoms with E-state index < -0.39 is 0 Å². The lowest BCUT2D eigenvalue weighted by Crippen LogP contribution is -2.34. The van der Waals surface area contributed by atoms with Crippen molar-refractivity contribution in [1.29, 1.82) is 0 Å². The van der Waals surface area contributed by atoms with Crippen molar-refractivity contribution in [2.75, 3.05) is 32.9 Å². The highest BCUT2D eigenvalue weighted by Gasteiger charge is 2.28. The molecular weight excluding hydrogens is 216 g/mol.